The maximum atomic E-state index is 12.2. The van der Waals surface area contributed by atoms with Gasteiger partial charge in [0, 0.05) is 24.5 Å². The number of carboxylic acids is 3. The third-order valence-corrected chi connectivity index (χ3v) is 9.08. The molecule has 1 unspecified atom stereocenters. The molecular formula is C30H38N2O18. The van der Waals surface area contributed by atoms with Crippen molar-refractivity contribution in [2.75, 3.05) is 19.8 Å². The topological polar surface area (TPSA) is 330 Å². The number of ether oxygens (including phenoxy) is 4. The Kier molecular flexibility index (Phi) is 11.3. The number of allylic oxidation sites excluding steroid dienone is 1. The van der Waals surface area contributed by atoms with Crippen LogP contribution in [0.1, 0.15) is 12.0 Å². The summed E-state index contributed by atoms with van der Waals surface area (Å²) in [5.74, 6) is -5.05. The Morgan fingerprint density at radius 3 is 2.16 bits per heavy atom. The molecule has 2 saturated heterocycles. The highest BCUT2D eigenvalue weighted by atomic mass is 16.8. The summed E-state index contributed by atoms with van der Waals surface area (Å²) in [5, 5.41) is 116. The van der Waals surface area contributed by atoms with Crippen molar-refractivity contribution in [3.8, 4) is 11.5 Å². The molecule has 13 atom stereocenters. The van der Waals surface area contributed by atoms with Crippen molar-refractivity contribution in [3.63, 3.8) is 0 Å². The van der Waals surface area contributed by atoms with Gasteiger partial charge in [-0.1, -0.05) is 0 Å². The largest absolute Gasteiger partial charge is 0.544 e. The predicted molar refractivity (Wildman–Crippen MR) is 156 cm³/mol. The number of aromatic hydroxyl groups is 1. The number of quaternary nitrogens is 1. The maximum absolute atomic E-state index is 12.2. The number of phenolic OH excluding ortho intramolecular Hbond substituents is 1. The highest BCUT2D eigenvalue weighted by Gasteiger charge is 2.51. The van der Waals surface area contributed by atoms with Crippen molar-refractivity contribution in [3.05, 3.63) is 41.1 Å². The first-order valence-corrected chi connectivity index (χ1v) is 15.5. The molecule has 20 heteroatoms. The quantitative estimate of drug-likeness (QED) is 0.0947. The van der Waals surface area contributed by atoms with Crippen LogP contribution >= 0.6 is 0 Å². The second-order valence-corrected chi connectivity index (χ2v) is 12.3. The Labute approximate surface area is 282 Å². The predicted octanol–water partition coefficient (Wildman–Crippen LogP) is -7.07. The third-order valence-electron chi connectivity index (χ3n) is 9.08. The normalized spacial score (nSPS) is 37.8. The molecule has 0 amide bonds. The van der Waals surface area contributed by atoms with Crippen LogP contribution in [-0.2, 0) is 35.0 Å². The van der Waals surface area contributed by atoms with Crippen LogP contribution in [0.25, 0.3) is 0 Å². The molecule has 1 aromatic rings. The number of nitrogens with one attached hydrogen (secondary N) is 2. The zero-order chi connectivity index (χ0) is 36.6. The zero-order valence-corrected chi connectivity index (χ0v) is 26.0. The Morgan fingerprint density at radius 2 is 1.56 bits per heavy atom. The maximum Gasteiger partial charge on any atom is 0.351 e. The molecule has 20 nitrogen and oxygen atoms in total. The molecule has 0 radical (unpaired) electrons. The van der Waals surface area contributed by atoms with Crippen molar-refractivity contribution in [2.45, 2.75) is 86.3 Å². The van der Waals surface area contributed by atoms with Gasteiger partial charge in [0.05, 0.1) is 13.2 Å². The van der Waals surface area contributed by atoms with Gasteiger partial charge in [0.1, 0.15) is 78.7 Å². The van der Waals surface area contributed by atoms with Gasteiger partial charge < -0.3 is 85.2 Å². The van der Waals surface area contributed by atoms with Crippen LogP contribution in [0.4, 0.5) is 5.69 Å². The lowest BCUT2D eigenvalue weighted by Gasteiger charge is -2.45. The van der Waals surface area contributed by atoms with Gasteiger partial charge >= 0.3 is 11.9 Å². The number of aliphatic hydroxyl groups is 7. The fraction of sp³-hybridized carbons (Fsp3) is 0.567. The number of benzene rings is 1. The summed E-state index contributed by atoms with van der Waals surface area (Å²) in [6.45, 7) is -1.73. The monoisotopic (exact) mass is 714 g/mol. The molecule has 4 aliphatic rings. The Morgan fingerprint density at radius 1 is 0.920 bits per heavy atom. The number of phenols is 1. The first-order valence-electron chi connectivity index (χ1n) is 15.5. The van der Waals surface area contributed by atoms with Crippen LogP contribution in [0.2, 0.25) is 0 Å². The SMILES string of the molecule is O=C(O)C1=CC(=CC[NH+]2c3cc(O[C@H]4O[C@@H](CO)[C@H](O)[C@@H](O)[C@@H]4O[C@H]4O[C@@H](CO)[C@@H](O)[C@@H](O)[C@@H]4O)c(O)cc3C[C@@H]2C(=O)[O-])C[C@H](C(=O)O)N1. The minimum Gasteiger partial charge on any atom is -0.544 e. The first-order chi connectivity index (χ1) is 23.6. The molecule has 4 aliphatic heterocycles. The molecule has 4 heterocycles. The van der Waals surface area contributed by atoms with E-state index in [0.29, 0.717) is 11.1 Å². The van der Waals surface area contributed by atoms with Crippen molar-refractivity contribution < 1.29 is 94.4 Å². The highest BCUT2D eigenvalue weighted by Crippen LogP contribution is 2.37. The zero-order valence-electron chi connectivity index (χ0n) is 26.0. The molecule has 0 spiro atoms. The molecule has 0 saturated carbocycles. The van der Waals surface area contributed by atoms with Gasteiger partial charge in [0.25, 0.3) is 0 Å². The number of aliphatic hydroxyl groups excluding tert-OH is 7. The average molecular weight is 715 g/mol. The van der Waals surface area contributed by atoms with Gasteiger partial charge in [-0.15, -0.1) is 0 Å². The lowest BCUT2D eigenvalue weighted by atomic mass is 9.97. The van der Waals surface area contributed by atoms with E-state index >= 15 is 0 Å². The number of carboxylic acid groups (broad SMARTS) is 3. The van der Waals surface area contributed by atoms with E-state index in [-0.39, 0.29) is 41.4 Å². The lowest BCUT2D eigenvalue weighted by Crippen LogP contribution is -3.11. The molecule has 0 aliphatic carbocycles. The van der Waals surface area contributed by atoms with Gasteiger partial charge in [-0.05, 0) is 23.8 Å². The molecule has 0 aromatic heterocycles. The number of hydrogen-bond donors (Lipinski definition) is 12. The molecule has 5 rings (SSSR count). The molecular weight excluding hydrogens is 676 g/mol. The van der Waals surface area contributed by atoms with E-state index in [1.807, 2.05) is 0 Å². The summed E-state index contributed by atoms with van der Waals surface area (Å²) < 4.78 is 22.5. The second-order valence-electron chi connectivity index (χ2n) is 12.3. The van der Waals surface area contributed by atoms with E-state index in [1.165, 1.54) is 24.3 Å². The molecule has 12 N–H and O–H groups in total. The molecule has 276 valence electrons. The number of carbonyl (C=O) groups excluding carboxylic acids is 1. The summed E-state index contributed by atoms with van der Waals surface area (Å²) in [4.78, 5) is 35.6. The van der Waals surface area contributed by atoms with Gasteiger partial charge in [-0.3, -0.25) is 4.90 Å². The average Bonchev–Trinajstić information content (AvgIpc) is 3.43. The third kappa shape index (κ3) is 7.41. The second kappa shape index (κ2) is 15.1. The fourth-order valence-corrected chi connectivity index (χ4v) is 6.35. The van der Waals surface area contributed by atoms with Gasteiger partial charge in [-0.2, -0.15) is 0 Å². The highest BCUT2D eigenvalue weighted by molar-refractivity contribution is 5.89. The summed E-state index contributed by atoms with van der Waals surface area (Å²) in [7, 11) is 0. The fourth-order valence-electron chi connectivity index (χ4n) is 6.35. The first kappa shape index (κ1) is 37.3. The molecule has 2 fully saturated rings. The van der Waals surface area contributed by atoms with E-state index in [2.05, 4.69) is 5.32 Å². The number of aliphatic carboxylic acids is 3. The van der Waals surface area contributed by atoms with Crippen molar-refractivity contribution >= 4 is 23.6 Å². The summed E-state index contributed by atoms with van der Waals surface area (Å²) >= 11 is 0. The summed E-state index contributed by atoms with van der Waals surface area (Å²) in [5.41, 5.74) is 0.560. The number of fused-ring (bicyclic) bond motifs is 1. The van der Waals surface area contributed by atoms with Crippen LogP contribution in [-0.4, -0.2) is 162 Å². The Balaban J connectivity index is 1.44. The standard InChI is InChI=1S/C30H38N2O18/c33-8-18-20(36)22(38)24(40)29(48-18)50-25-23(39)21(37)19(9-34)49-30(25)47-17-7-14-11(6-16(17)35)5-15(28(45)46)32(14)2-1-10-3-12(26(41)42)31-13(4-10)27(43)44/h1,3,6-7,13,15,18-25,29-31,33-40H,2,4-5,8-9H2,(H,41,42)(H,43,44)(H,45,46)/t13-,15-,18+,19+,20-,21+,22-,23-,24+,25+,29-,30+/m1/s1. The van der Waals surface area contributed by atoms with Crippen LogP contribution < -0.4 is 20.1 Å². The summed E-state index contributed by atoms with van der Waals surface area (Å²) in [6.07, 6.45) is -15.0. The van der Waals surface area contributed by atoms with Crippen molar-refractivity contribution in [1.29, 1.82) is 0 Å². The smallest absolute Gasteiger partial charge is 0.351 e. The van der Waals surface area contributed by atoms with Crippen molar-refractivity contribution in [2.24, 2.45) is 0 Å². The summed E-state index contributed by atoms with van der Waals surface area (Å²) in [6, 6.07) is -0.000792. The van der Waals surface area contributed by atoms with E-state index in [0.717, 1.165) is 0 Å². The number of carbonyl (C=O) groups is 3. The van der Waals surface area contributed by atoms with Gasteiger partial charge in [0.15, 0.2) is 23.9 Å². The van der Waals surface area contributed by atoms with Gasteiger partial charge in [0.2, 0.25) is 6.29 Å². The lowest BCUT2D eigenvalue weighted by molar-refractivity contribution is -0.840. The Hall–Kier alpha value is -3.93. The number of rotatable bonds is 11. The van der Waals surface area contributed by atoms with E-state index < -0.39 is 110 Å². The van der Waals surface area contributed by atoms with Crippen LogP contribution in [0, 0.1) is 0 Å². The van der Waals surface area contributed by atoms with E-state index in [1.54, 1.807) is 0 Å². The molecule has 1 aromatic carbocycles. The van der Waals surface area contributed by atoms with Crippen LogP contribution in [0.3, 0.4) is 0 Å². The Bertz CT molecular complexity index is 1520. The van der Waals surface area contributed by atoms with E-state index in [9.17, 15) is 70.6 Å². The number of hydrogen-bond acceptors (Lipinski definition) is 17. The minimum atomic E-state index is -1.93. The van der Waals surface area contributed by atoms with Crippen LogP contribution in [0.5, 0.6) is 11.5 Å². The van der Waals surface area contributed by atoms with E-state index in [4.69, 9.17) is 18.9 Å². The van der Waals surface area contributed by atoms with Gasteiger partial charge in [-0.25, -0.2) is 9.59 Å². The molecule has 0 bridgehead atoms. The van der Waals surface area contributed by atoms with Crippen LogP contribution in [0.15, 0.2) is 35.6 Å². The molecule has 50 heavy (non-hydrogen) atoms. The van der Waals surface area contributed by atoms with Crippen molar-refractivity contribution in [1.82, 2.24) is 5.32 Å². The minimum absolute atomic E-state index is 0.110.